The Bertz CT molecular complexity index is 588. The minimum absolute atomic E-state index is 0.151. The monoisotopic (exact) mass is 328 g/mol. The number of rotatable bonds is 6. The van der Waals surface area contributed by atoms with Crippen molar-refractivity contribution < 1.29 is 14.4 Å². The summed E-state index contributed by atoms with van der Waals surface area (Å²) in [6, 6.07) is 1.84. The fourth-order valence-electron chi connectivity index (χ4n) is 1.91. The normalized spacial score (nSPS) is 13.9. The number of aryl methyl sites for hydroxylation is 1. The van der Waals surface area contributed by atoms with Gasteiger partial charge < -0.3 is 14.9 Å². The first kappa shape index (κ1) is 16.0. The van der Waals surface area contributed by atoms with Gasteiger partial charge in [0.05, 0.1) is 12.2 Å². The van der Waals surface area contributed by atoms with Gasteiger partial charge in [0.1, 0.15) is 5.60 Å². The minimum Gasteiger partial charge on any atom is -0.384 e. The van der Waals surface area contributed by atoms with Crippen LogP contribution in [0.4, 0.5) is 0 Å². The molecule has 0 aliphatic heterocycles. The molecule has 0 aliphatic rings. The Morgan fingerprint density at radius 2 is 2.38 bits per heavy atom. The average molecular weight is 329 g/mol. The summed E-state index contributed by atoms with van der Waals surface area (Å²) >= 11 is 7.35. The van der Waals surface area contributed by atoms with Crippen LogP contribution in [0, 0.1) is 6.92 Å². The third-order valence-corrected chi connectivity index (χ3v) is 4.29. The van der Waals surface area contributed by atoms with Crippen LogP contribution in [0.2, 0.25) is 5.22 Å². The lowest BCUT2D eigenvalue weighted by Crippen LogP contribution is -2.38. The van der Waals surface area contributed by atoms with Crippen molar-refractivity contribution >= 4 is 28.8 Å². The molecule has 0 radical (unpaired) electrons. The molecule has 2 aromatic rings. The van der Waals surface area contributed by atoms with Gasteiger partial charge in [-0.1, -0.05) is 5.16 Å². The highest BCUT2D eigenvalue weighted by Crippen LogP contribution is 2.22. The Balaban J connectivity index is 1.83. The molecular weight excluding hydrogens is 312 g/mol. The Morgan fingerprint density at radius 1 is 1.62 bits per heavy atom. The van der Waals surface area contributed by atoms with E-state index in [4.69, 9.17) is 16.1 Å². The third-order valence-electron chi connectivity index (χ3n) is 3.31. The van der Waals surface area contributed by atoms with Gasteiger partial charge in [0.2, 0.25) is 11.1 Å². The van der Waals surface area contributed by atoms with Gasteiger partial charge in [-0.25, -0.2) is 0 Å². The van der Waals surface area contributed by atoms with E-state index in [-0.39, 0.29) is 24.1 Å². The maximum atomic E-state index is 11.9. The molecule has 5 nitrogen and oxygen atoms in total. The van der Waals surface area contributed by atoms with Gasteiger partial charge in [-0.15, -0.1) is 0 Å². The van der Waals surface area contributed by atoms with Gasteiger partial charge in [-0.3, -0.25) is 4.79 Å². The van der Waals surface area contributed by atoms with E-state index in [0.29, 0.717) is 12.1 Å². The van der Waals surface area contributed by atoms with Crippen LogP contribution in [0.5, 0.6) is 0 Å². The van der Waals surface area contributed by atoms with E-state index >= 15 is 0 Å². The summed E-state index contributed by atoms with van der Waals surface area (Å²) < 4.78 is 4.84. The van der Waals surface area contributed by atoms with E-state index in [1.54, 1.807) is 13.8 Å². The quantitative estimate of drug-likeness (QED) is 0.854. The Labute approximate surface area is 131 Å². The van der Waals surface area contributed by atoms with E-state index < -0.39 is 5.60 Å². The zero-order valence-corrected chi connectivity index (χ0v) is 13.4. The van der Waals surface area contributed by atoms with Gasteiger partial charge in [0.25, 0.3) is 0 Å². The van der Waals surface area contributed by atoms with Crippen LogP contribution in [-0.4, -0.2) is 22.7 Å². The Morgan fingerprint density at radius 3 is 2.95 bits per heavy atom. The van der Waals surface area contributed by atoms with E-state index in [0.717, 1.165) is 11.1 Å². The van der Waals surface area contributed by atoms with Crippen molar-refractivity contribution in [2.75, 3.05) is 6.54 Å². The first-order valence-electron chi connectivity index (χ1n) is 6.52. The zero-order chi connectivity index (χ0) is 15.5. The van der Waals surface area contributed by atoms with Crippen LogP contribution >= 0.6 is 22.9 Å². The molecule has 2 heterocycles. The number of amides is 1. The third kappa shape index (κ3) is 4.06. The molecule has 0 fully saturated rings. The Hall–Kier alpha value is -1.37. The number of halogens is 1. The van der Waals surface area contributed by atoms with Crippen molar-refractivity contribution in [1.82, 2.24) is 10.5 Å². The van der Waals surface area contributed by atoms with Crippen molar-refractivity contribution in [3.8, 4) is 0 Å². The smallest absolute Gasteiger partial charge is 0.229 e. The van der Waals surface area contributed by atoms with Crippen LogP contribution in [0.3, 0.4) is 0 Å². The lowest BCUT2D eigenvalue weighted by Gasteiger charge is -2.22. The van der Waals surface area contributed by atoms with Crippen LogP contribution in [0.1, 0.15) is 30.2 Å². The number of hydrogen-bond acceptors (Lipinski definition) is 5. The molecule has 114 valence electrons. The van der Waals surface area contributed by atoms with Crippen LogP contribution in [0.25, 0.3) is 0 Å². The van der Waals surface area contributed by atoms with E-state index in [9.17, 15) is 9.90 Å². The van der Waals surface area contributed by atoms with Crippen molar-refractivity contribution in [3.63, 3.8) is 0 Å². The predicted octanol–water partition coefficient (Wildman–Crippen LogP) is 2.65. The number of nitrogens with zero attached hydrogens (tertiary/aromatic N) is 1. The lowest BCUT2D eigenvalue weighted by atomic mass is 9.99. The molecule has 2 aromatic heterocycles. The molecule has 2 N–H and O–H groups in total. The predicted molar refractivity (Wildman–Crippen MR) is 81.5 cm³/mol. The highest BCUT2D eigenvalue weighted by Gasteiger charge is 2.24. The molecule has 0 aromatic carbocycles. The first-order chi connectivity index (χ1) is 9.90. The summed E-state index contributed by atoms with van der Waals surface area (Å²) in [6.45, 7) is 3.62. The zero-order valence-electron chi connectivity index (χ0n) is 11.9. The van der Waals surface area contributed by atoms with Gasteiger partial charge in [0.15, 0.2) is 0 Å². The minimum atomic E-state index is -1.07. The van der Waals surface area contributed by atoms with E-state index in [1.807, 2.05) is 16.8 Å². The van der Waals surface area contributed by atoms with Gasteiger partial charge in [0, 0.05) is 12.0 Å². The highest BCUT2D eigenvalue weighted by atomic mass is 35.5. The molecule has 1 atom stereocenters. The second kappa shape index (κ2) is 6.60. The summed E-state index contributed by atoms with van der Waals surface area (Å²) in [5.74, 6) is -0.151. The topological polar surface area (TPSA) is 75.4 Å². The summed E-state index contributed by atoms with van der Waals surface area (Å²) in [6.07, 6.45) is 0.724. The number of hydrogen-bond donors (Lipinski definition) is 2. The molecular formula is C14H17ClN2O3S. The van der Waals surface area contributed by atoms with Crippen LogP contribution in [0.15, 0.2) is 21.3 Å². The summed E-state index contributed by atoms with van der Waals surface area (Å²) in [5, 5.41) is 20.8. The molecule has 0 aliphatic carbocycles. The summed E-state index contributed by atoms with van der Waals surface area (Å²) in [7, 11) is 0. The fourth-order valence-corrected chi connectivity index (χ4v) is 2.96. The maximum Gasteiger partial charge on any atom is 0.229 e. The van der Waals surface area contributed by atoms with Crippen molar-refractivity contribution in [3.05, 3.63) is 38.9 Å². The fraction of sp³-hybridized carbons (Fsp3) is 0.429. The van der Waals surface area contributed by atoms with Gasteiger partial charge in [-0.05, 0) is 54.3 Å². The molecule has 0 bridgehead atoms. The summed E-state index contributed by atoms with van der Waals surface area (Å²) in [4.78, 5) is 11.9. The standard InChI is InChI=1S/C14H17ClN2O3S/c1-9-11(13(15)20-17-9)3-4-12(18)16-8-14(2,19)10-5-6-21-7-10/h5-7,19H,3-4,8H2,1-2H3,(H,16,18). The van der Waals surface area contributed by atoms with Crippen LogP contribution < -0.4 is 5.32 Å². The molecule has 0 saturated carbocycles. The van der Waals surface area contributed by atoms with Gasteiger partial charge in [-0.2, -0.15) is 11.3 Å². The molecule has 7 heteroatoms. The van der Waals surface area contributed by atoms with Crippen molar-refractivity contribution in [2.45, 2.75) is 32.3 Å². The second-order valence-electron chi connectivity index (χ2n) is 5.08. The van der Waals surface area contributed by atoms with Crippen molar-refractivity contribution in [2.24, 2.45) is 0 Å². The summed E-state index contributed by atoms with van der Waals surface area (Å²) in [5.41, 5.74) is 1.17. The van der Waals surface area contributed by atoms with E-state index in [2.05, 4.69) is 10.5 Å². The molecule has 0 saturated heterocycles. The molecule has 1 amide bonds. The number of thiophene rings is 1. The van der Waals surface area contributed by atoms with Crippen molar-refractivity contribution in [1.29, 1.82) is 0 Å². The van der Waals surface area contributed by atoms with Crippen LogP contribution in [-0.2, 0) is 16.8 Å². The number of aliphatic hydroxyl groups is 1. The average Bonchev–Trinajstić information content (AvgIpc) is 3.06. The number of nitrogens with one attached hydrogen (secondary N) is 1. The first-order valence-corrected chi connectivity index (χ1v) is 7.84. The number of carbonyl (C=O) groups excluding carboxylic acids is 1. The SMILES string of the molecule is Cc1noc(Cl)c1CCC(=O)NCC(C)(O)c1ccsc1. The Kier molecular flexibility index (Phi) is 5.03. The molecule has 0 spiro atoms. The van der Waals surface area contributed by atoms with Gasteiger partial charge >= 0.3 is 0 Å². The second-order valence-corrected chi connectivity index (χ2v) is 6.21. The van der Waals surface area contributed by atoms with E-state index in [1.165, 1.54) is 11.3 Å². The number of aromatic nitrogens is 1. The molecule has 21 heavy (non-hydrogen) atoms. The lowest BCUT2D eigenvalue weighted by molar-refractivity contribution is -0.122. The molecule has 2 rings (SSSR count). The maximum absolute atomic E-state index is 11.9. The number of carbonyl (C=O) groups is 1. The molecule has 1 unspecified atom stereocenters. The largest absolute Gasteiger partial charge is 0.384 e. The highest BCUT2D eigenvalue weighted by molar-refractivity contribution is 7.08.